The van der Waals surface area contributed by atoms with Gasteiger partial charge in [0.15, 0.2) is 0 Å². The van der Waals surface area contributed by atoms with Crippen LogP contribution >= 0.6 is 11.3 Å². The van der Waals surface area contributed by atoms with Gasteiger partial charge in [-0.1, -0.05) is 18.2 Å². The Morgan fingerprint density at radius 2 is 1.93 bits per heavy atom. The molecule has 0 spiro atoms. The fraction of sp³-hybridized carbons (Fsp3) is 0.167. The lowest BCUT2D eigenvalue weighted by Gasteiger charge is -2.13. The molecule has 1 atom stereocenters. The summed E-state index contributed by atoms with van der Waals surface area (Å²) in [7, 11) is 0. The van der Waals surface area contributed by atoms with Gasteiger partial charge < -0.3 is 10.8 Å². The van der Waals surface area contributed by atoms with E-state index in [0.29, 0.717) is 5.69 Å². The van der Waals surface area contributed by atoms with E-state index in [-0.39, 0.29) is 0 Å². The molecule has 2 rings (SSSR count). The Balaban J connectivity index is 2.41. The van der Waals surface area contributed by atoms with Crippen LogP contribution in [0.1, 0.15) is 22.1 Å². The lowest BCUT2D eigenvalue weighted by Crippen LogP contribution is -2.03. The lowest BCUT2D eigenvalue weighted by molar-refractivity contribution is 0.221. The molecule has 0 radical (unpaired) electrons. The van der Waals surface area contributed by atoms with E-state index in [1.54, 1.807) is 17.4 Å². The maximum Gasteiger partial charge on any atom is 0.107 e. The third-order valence-corrected chi connectivity index (χ3v) is 3.35. The third kappa shape index (κ3) is 1.89. The average Bonchev–Trinajstić information content (AvgIpc) is 2.64. The predicted octanol–water partition coefficient (Wildman–Crippen LogP) is 2.72. The minimum absolute atomic E-state index is 0.613. The highest BCUT2D eigenvalue weighted by molar-refractivity contribution is 7.10. The van der Waals surface area contributed by atoms with Crippen LogP contribution < -0.4 is 5.73 Å². The Kier molecular flexibility index (Phi) is 2.75. The molecule has 2 nitrogen and oxygen atoms in total. The molecule has 1 heterocycles. The molecule has 0 saturated carbocycles. The molecular formula is C12H13NOS. The van der Waals surface area contributed by atoms with Crippen LogP contribution in [0.2, 0.25) is 0 Å². The first-order chi connectivity index (χ1) is 7.20. The fourth-order valence-electron chi connectivity index (χ4n) is 1.61. The average molecular weight is 219 g/mol. The van der Waals surface area contributed by atoms with Crippen LogP contribution in [-0.4, -0.2) is 5.11 Å². The smallest absolute Gasteiger partial charge is 0.107 e. The quantitative estimate of drug-likeness (QED) is 0.763. The summed E-state index contributed by atoms with van der Waals surface area (Å²) in [4.78, 5) is 1.13. The van der Waals surface area contributed by atoms with Crippen molar-refractivity contribution in [3.63, 3.8) is 0 Å². The molecule has 3 heteroatoms. The van der Waals surface area contributed by atoms with Gasteiger partial charge in [-0.3, -0.25) is 0 Å². The van der Waals surface area contributed by atoms with Crippen LogP contribution in [0.15, 0.2) is 35.7 Å². The topological polar surface area (TPSA) is 46.2 Å². The van der Waals surface area contributed by atoms with E-state index in [1.165, 1.54) is 0 Å². The summed E-state index contributed by atoms with van der Waals surface area (Å²) in [5, 5.41) is 12.1. The van der Waals surface area contributed by atoms with Gasteiger partial charge in [0.05, 0.1) is 0 Å². The van der Waals surface area contributed by atoms with E-state index in [4.69, 9.17) is 5.73 Å². The van der Waals surface area contributed by atoms with Gasteiger partial charge >= 0.3 is 0 Å². The second-order valence-electron chi connectivity index (χ2n) is 3.46. The molecule has 0 aliphatic heterocycles. The summed E-state index contributed by atoms with van der Waals surface area (Å²) < 4.78 is 0. The Bertz CT molecular complexity index is 464. The zero-order valence-electron chi connectivity index (χ0n) is 8.47. The first kappa shape index (κ1) is 10.2. The van der Waals surface area contributed by atoms with Crippen molar-refractivity contribution in [3.8, 4) is 0 Å². The van der Waals surface area contributed by atoms with Crippen LogP contribution in [0.3, 0.4) is 0 Å². The Labute approximate surface area is 93.0 Å². The maximum absolute atomic E-state index is 10.2. The van der Waals surface area contributed by atoms with Crippen molar-refractivity contribution in [1.82, 2.24) is 0 Å². The minimum Gasteiger partial charge on any atom is -0.398 e. The first-order valence-electron chi connectivity index (χ1n) is 4.76. The van der Waals surface area contributed by atoms with Gasteiger partial charge in [0.1, 0.15) is 6.10 Å². The molecule has 0 bridgehead atoms. The number of nitrogens with two attached hydrogens (primary N) is 1. The number of hydrogen-bond donors (Lipinski definition) is 2. The summed E-state index contributed by atoms with van der Waals surface area (Å²) >= 11 is 1.63. The van der Waals surface area contributed by atoms with Crippen molar-refractivity contribution in [2.24, 2.45) is 0 Å². The molecule has 1 aromatic heterocycles. The van der Waals surface area contributed by atoms with E-state index >= 15 is 0 Å². The second kappa shape index (κ2) is 4.04. The number of aliphatic hydroxyl groups is 1. The molecule has 0 aliphatic carbocycles. The molecule has 1 unspecified atom stereocenters. The van der Waals surface area contributed by atoms with E-state index in [0.717, 1.165) is 16.0 Å². The van der Waals surface area contributed by atoms with Gasteiger partial charge in [0, 0.05) is 16.1 Å². The van der Waals surface area contributed by atoms with Crippen molar-refractivity contribution in [3.05, 3.63) is 51.7 Å². The molecular weight excluding hydrogens is 206 g/mol. The van der Waals surface area contributed by atoms with Crippen LogP contribution in [0, 0.1) is 6.92 Å². The summed E-state index contributed by atoms with van der Waals surface area (Å²) in [6.07, 6.45) is -0.613. The van der Waals surface area contributed by atoms with Gasteiger partial charge in [-0.15, -0.1) is 11.3 Å². The number of benzene rings is 1. The molecule has 0 amide bonds. The number of hydrogen-bond acceptors (Lipinski definition) is 3. The highest BCUT2D eigenvalue weighted by Crippen LogP contribution is 2.30. The highest BCUT2D eigenvalue weighted by Gasteiger charge is 2.15. The molecule has 0 saturated heterocycles. The minimum atomic E-state index is -0.613. The van der Waals surface area contributed by atoms with Crippen LogP contribution in [-0.2, 0) is 0 Å². The summed E-state index contributed by atoms with van der Waals surface area (Å²) in [6.45, 7) is 2.00. The molecule has 0 aliphatic rings. The van der Waals surface area contributed by atoms with Crippen molar-refractivity contribution in [2.45, 2.75) is 13.0 Å². The molecule has 78 valence electrons. The number of rotatable bonds is 2. The van der Waals surface area contributed by atoms with Crippen molar-refractivity contribution < 1.29 is 5.11 Å². The number of aryl methyl sites for hydroxylation is 1. The van der Waals surface area contributed by atoms with Gasteiger partial charge in [-0.2, -0.15) is 0 Å². The Morgan fingerprint density at radius 1 is 1.20 bits per heavy atom. The van der Waals surface area contributed by atoms with Crippen molar-refractivity contribution >= 4 is 17.0 Å². The van der Waals surface area contributed by atoms with E-state index in [9.17, 15) is 5.11 Å². The third-order valence-electron chi connectivity index (χ3n) is 2.48. The number of nitrogen functional groups attached to an aromatic ring is 1. The van der Waals surface area contributed by atoms with Crippen molar-refractivity contribution in [1.29, 1.82) is 0 Å². The maximum atomic E-state index is 10.2. The zero-order valence-corrected chi connectivity index (χ0v) is 9.29. The molecule has 15 heavy (non-hydrogen) atoms. The van der Waals surface area contributed by atoms with E-state index < -0.39 is 6.10 Å². The van der Waals surface area contributed by atoms with Crippen molar-refractivity contribution in [2.75, 3.05) is 5.73 Å². The fourth-order valence-corrected chi connectivity index (χ4v) is 2.34. The second-order valence-corrected chi connectivity index (χ2v) is 4.58. The van der Waals surface area contributed by atoms with Gasteiger partial charge in [-0.05, 0) is 30.0 Å². The van der Waals surface area contributed by atoms with Crippen LogP contribution in [0.25, 0.3) is 0 Å². The summed E-state index contributed by atoms with van der Waals surface area (Å²) in [5.74, 6) is 0. The Hall–Kier alpha value is -1.32. The normalized spacial score (nSPS) is 12.7. The summed E-state index contributed by atoms with van der Waals surface area (Å²) in [6, 6.07) is 9.36. The van der Waals surface area contributed by atoms with Crippen LogP contribution in [0.4, 0.5) is 5.69 Å². The number of thiophene rings is 1. The SMILES string of the molecule is Cc1sccc1C(O)c1ccccc1N. The first-order valence-corrected chi connectivity index (χ1v) is 5.64. The van der Waals surface area contributed by atoms with Crippen LogP contribution in [0.5, 0.6) is 0 Å². The number of anilines is 1. The predicted molar refractivity (Wildman–Crippen MR) is 64.0 cm³/mol. The lowest BCUT2D eigenvalue weighted by atomic mass is 10.0. The van der Waals surface area contributed by atoms with E-state index in [2.05, 4.69) is 0 Å². The number of aliphatic hydroxyl groups excluding tert-OH is 1. The standard InChI is InChI=1S/C12H13NOS/c1-8-9(6-7-15-8)12(14)10-4-2-3-5-11(10)13/h2-7,12,14H,13H2,1H3. The van der Waals surface area contributed by atoms with E-state index in [1.807, 2.05) is 36.6 Å². The Morgan fingerprint density at radius 3 is 2.53 bits per heavy atom. The van der Waals surface area contributed by atoms with Gasteiger partial charge in [-0.25, -0.2) is 0 Å². The van der Waals surface area contributed by atoms with Gasteiger partial charge in [0.2, 0.25) is 0 Å². The monoisotopic (exact) mass is 219 g/mol. The molecule has 2 aromatic rings. The zero-order chi connectivity index (χ0) is 10.8. The molecule has 1 aromatic carbocycles. The number of para-hydroxylation sites is 1. The molecule has 0 fully saturated rings. The molecule has 3 N–H and O–H groups in total. The van der Waals surface area contributed by atoms with Gasteiger partial charge in [0.25, 0.3) is 0 Å². The largest absolute Gasteiger partial charge is 0.398 e. The summed E-state index contributed by atoms with van der Waals surface area (Å²) in [5.41, 5.74) is 8.18. The highest BCUT2D eigenvalue weighted by atomic mass is 32.1.